The lowest BCUT2D eigenvalue weighted by atomic mass is 10.2. The summed E-state index contributed by atoms with van der Waals surface area (Å²) in [6.07, 6.45) is 5.11. The van der Waals surface area contributed by atoms with Crippen LogP contribution < -0.4 is 5.32 Å². The number of hydrogen-bond acceptors (Lipinski definition) is 5. The summed E-state index contributed by atoms with van der Waals surface area (Å²) in [6, 6.07) is 8.15. The molecular weight excluding hydrogens is 254 g/mol. The molecule has 0 aliphatic rings. The topological polar surface area (TPSA) is 56.3 Å². The molecule has 0 saturated heterocycles. The van der Waals surface area contributed by atoms with E-state index in [0.29, 0.717) is 26.4 Å². The minimum Gasteiger partial charge on any atom is -0.382 e. The zero-order valence-corrected chi connectivity index (χ0v) is 11.6. The highest BCUT2D eigenvalue weighted by molar-refractivity contribution is 5.45. The number of rotatable bonds is 8. The maximum absolute atomic E-state index is 5.50. The van der Waals surface area contributed by atoms with Gasteiger partial charge in [-0.15, -0.1) is 0 Å². The zero-order chi connectivity index (χ0) is 14.0. The number of anilines is 1. The number of methoxy groups -OCH3 is 1. The first-order chi connectivity index (χ1) is 9.88. The Balaban J connectivity index is 1.83. The third-order valence-corrected chi connectivity index (χ3v) is 2.72. The summed E-state index contributed by atoms with van der Waals surface area (Å²) in [5.41, 5.74) is 3.09. The summed E-state index contributed by atoms with van der Waals surface area (Å²) in [6.45, 7) is 2.46. The highest BCUT2D eigenvalue weighted by Gasteiger charge is 1.98. The minimum atomic E-state index is 0.587. The Bertz CT molecular complexity index is 505. The summed E-state index contributed by atoms with van der Waals surface area (Å²) >= 11 is 0. The first kappa shape index (κ1) is 14.4. The van der Waals surface area contributed by atoms with Crippen LogP contribution in [0.2, 0.25) is 0 Å². The molecule has 0 saturated carbocycles. The molecule has 0 amide bonds. The van der Waals surface area contributed by atoms with Crippen molar-refractivity contribution < 1.29 is 9.47 Å². The van der Waals surface area contributed by atoms with Gasteiger partial charge >= 0.3 is 0 Å². The molecule has 1 aromatic heterocycles. The van der Waals surface area contributed by atoms with E-state index in [0.717, 1.165) is 16.9 Å². The fourth-order valence-corrected chi connectivity index (χ4v) is 1.72. The van der Waals surface area contributed by atoms with Crippen LogP contribution in [-0.2, 0) is 22.6 Å². The van der Waals surface area contributed by atoms with Crippen LogP contribution in [0.1, 0.15) is 11.3 Å². The maximum atomic E-state index is 5.50. The Morgan fingerprint density at radius 1 is 1.20 bits per heavy atom. The van der Waals surface area contributed by atoms with Crippen molar-refractivity contribution in [3.63, 3.8) is 0 Å². The van der Waals surface area contributed by atoms with Crippen molar-refractivity contribution in [1.82, 2.24) is 9.97 Å². The Morgan fingerprint density at radius 3 is 2.95 bits per heavy atom. The Hall–Kier alpha value is -1.98. The number of nitrogens with one attached hydrogen (secondary N) is 1. The smallest absolute Gasteiger partial charge is 0.0777 e. The number of nitrogens with zero attached hydrogens (tertiary/aromatic N) is 2. The van der Waals surface area contributed by atoms with Gasteiger partial charge in [-0.25, -0.2) is 0 Å². The molecule has 5 nitrogen and oxygen atoms in total. The second-order valence-corrected chi connectivity index (χ2v) is 4.30. The molecule has 5 heteroatoms. The van der Waals surface area contributed by atoms with E-state index in [2.05, 4.69) is 21.4 Å². The monoisotopic (exact) mass is 273 g/mol. The van der Waals surface area contributed by atoms with Crippen molar-refractivity contribution in [3.05, 3.63) is 54.1 Å². The summed E-state index contributed by atoms with van der Waals surface area (Å²) in [5, 5.41) is 3.32. The molecule has 106 valence electrons. The zero-order valence-electron chi connectivity index (χ0n) is 11.6. The summed E-state index contributed by atoms with van der Waals surface area (Å²) in [4.78, 5) is 8.26. The van der Waals surface area contributed by atoms with E-state index in [-0.39, 0.29) is 0 Å². The van der Waals surface area contributed by atoms with Crippen LogP contribution in [0.3, 0.4) is 0 Å². The largest absolute Gasteiger partial charge is 0.382 e. The number of hydrogen-bond donors (Lipinski definition) is 1. The fourth-order valence-electron chi connectivity index (χ4n) is 1.72. The average molecular weight is 273 g/mol. The van der Waals surface area contributed by atoms with Crippen molar-refractivity contribution >= 4 is 5.69 Å². The molecule has 1 aromatic carbocycles. The fraction of sp³-hybridized carbons (Fsp3) is 0.333. The van der Waals surface area contributed by atoms with Crippen LogP contribution in [0, 0.1) is 0 Å². The van der Waals surface area contributed by atoms with Gasteiger partial charge in [0.15, 0.2) is 0 Å². The lowest BCUT2D eigenvalue weighted by Crippen LogP contribution is -2.04. The molecule has 2 rings (SSSR count). The van der Waals surface area contributed by atoms with Gasteiger partial charge in [0.2, 0.25) is 0 Å². The molecule has 0 spiro atoms. The van der Waals surface area contributed by atoms with E-state index < -0.39 is 0 Å². The van der Waals surface area contributed by atoms with E-state index in [9.17, 15) is 0 Å². The van der Waals surface area contributed by atoms with Crippen molar-refractivity contribution in [2.24, 2.45) is 0 Å². The third-order valence-electron chi connectivity index (χ3n) is 2.72. The van der Waals surface area contributed by atoms with Crippen LogP contribution in [0.15, 0.2) is 42.9 Å². The third kappa shape index (κ3) is 4.95. The van der Waals surface area contributed by atoms with E-state index >= 15 is 0 Å². The molecule has 0 atom stereocenters. The molecule has 20 heavy (non-hydrogen) atoms. The second-order valence-electron chi connectivity index (χ2n) is 4.30. The van der Waals surface area contributed by atoms with Crippen molar-refractivity contribution in [3.8, 4) is 0 Å². The minimum absolute atomic E-state index is 0.587. The summed E-state index contributed by atoms with van der Waals surface area (Å²) < 4.78 is 10.4. The van der Waals surface area contributed by atoms with Crippen LogP contribution in [0.5, 0.6) is 0 Å². The molecule has 0 aliphatic heterocycles. The van der Waals surface area contributed by atoms with E-state index in [1.165, 1.54) is 0 Å². The van der Waals surface area contributed by atoms with Gasteiger partial charge in [0.05, 0.1) is 38.3 Å². The summed E-state index contributed by atoms with van der Waals surface area (Å²) in [5.74, 6) is 0. The highest BCUT2D eigenvalue weighted by Crippen LogP contribution is 2.12. The first-order valence-corrected chi connectivity index (χ1v) is 6.53. The van der Waals surface area contributed by atoms with Gasteiger partial charge in [-0.2, -0.15) is 0 Å². The number of aromatic nitrogens is 2. The molecule has 0 bridgehead atoms. The Morgan fingerprint density at radius 2 is 2.15 bits per heavy atom. The average Bonchev–Trinajstić information content (AvgIpc) is 2.51. The predicted molar refractivity (Wildman–Crippen MR) is 77.3 cm³/mol. The SMILES string of the molecule is COCCOCc1cccc(NCc2cnccn2)c1. The normalized spacial score (nSPS) is 10.4. The summed E-state index contributed by atoms with van der Waals surface area (Å²) in [7, 11) is 1.67. The van der Waals surface area contributed by atoms with Gasteiger partial charge in [0.25, 0.3) is 0 Å². The Labute approximate surface area is 119 Å². The number of ether oxygens (including phenoxy) is 2. The van der Waals surface area contributed by atoms with Crippen LogP contribution in [-0.4, -0.2) is 30.3 Å². The van der Waals surface area contributed by atoms with Crippen LogP contribution in [0.25, 0.3) is 0 Å². The molecule has 0 fully saturated rings. The van der Waals surface area contributed by atoms with E-state index in [1.807, 2.05) is 18.2 Å². The second kappa shape index (κ2) is 8.24. The predicted octanol–water partition coefficient (Wildman–Crippen LogP) is 2.25. The van der Waals surface area contributed by atoms with E-state index in [4.69, 9.17) is 9.47 Å². The lowest BCUT2D eigenvalue weighted by Gasteiger charge is -2.08. The van der Waals surface area contributed by atoms with Gasteiger partial charge in [0.1, 0.15) is 0 Å². The Kier molecular flexibility index (Phi) is 5.95. The van der Waals surface area contributed by atoms with Crippen molar-refractivity contribution in [1.29, 1.82) is 0 Å². The highest BCUT2D eigenvalue weighted by atomic mass is 16.5. The van der Waals surface area contributed by atoms with Gasteiger partial charge < -0.3 is 14.8 Å². The number of benzene rings is 1. The van der Waals surface area contributed by atoms with Gasteiger partial charge in [-0.1, -0.05) is 12.1 Å². The maximum Gasteiger partial charge on any atom is 0.0777 e. The lowest BCUT2D eigenvalue weighted by molar-refractivity contribution is 0.0617. The van der Waals surface area contributed by atoms with Gasteiger partial charge in [-0.05, 0) is 17.7 Å². The molecule has 0 aliphatic carbocycles. The molecule has 1 heterocycles. The molecule has 0 radical (unpaired) electrons. The first-order valence-electron chi connectivity index (χ1n) is 6.53. The van der Waals surface area contributed by atoms with Gasteiger partial charge in [0, 0.05) is 25.2 Å². The molecule has 2 aromatic rings. The van der Waals surface area contributed by atoms with Crippen molar-refractivity contribution in [2.45, 2.75) is 13.2 Å². The van der Waals surface area contributed by atoms with E-state index in [1.54, 1.807) is 25.7 Å². The van der Waals surface area contributed by atoms with Gasteiger partial charge in [-0.3, -0.25) is 9.97 Å². The van der Waals surface area contributed by atoms with Crippen LogP contribution >= 0.6 is 0 Å². The molecule has 1 N–H and O–H groups in total. The standard InChI is InChI=1S/C15H19N3O2/c1-19-7-8-20-12-13-3-2-4-14(9-13)18-11-15-10-16-5-6-17-15/h2-6,9-10,18H,7-8,11-12H2,1H3. The molecular formula is C15H19N3O2. The quantitative estimate of drug-likeness (QED) is 0.748. The molecule has 0 unspecified atom stereocenters. The van der Waals surface area contributed by atoms with Crippen LogP contribution in [0.4, 0.5) is 5.69 Å². The van der Waals surface area contributed by atoms with Crippen molar-refractivity contribution in [2.75, 3.05) is 25.6 Å².